The van der Waals surface area contributed by atoms with Crippen LogP contribution in [0.3, 0.4) is 0 Å². The standard InChI is InChI=1S/C35H45NO3.C3H8/c1-7-24-19-29-27-15-13-26(14-16-28(29)21-31(24)38-6)32(36-30(20-27)25-11-9-23(2)10-12-25)33(37)35(5)17-8-18-39-22-34(35,3)4;1-3-2/h1,11,19,21,23,27H,8-10,12-18,20,22H2,2-6H3;3H2,1-2H3/b32-26+,36-30?;. The molecule has 2 aliphatic carbocycles. The summed E-state index contributed by atoms with van der Waals surface area (Å²) >= 11 is 0. The van der Waals surface area contributed by atoms with Crippen molar-refractivity contribution in [2.24, 2.45) is 21.7 Å². The van der Waals surface area contributed by atoms with Crippen molar-refractivity contribution in [3.05, 3.63) is 51.7 Å². The molecule has 1 aromatic carbocycles. The Balaban J connectivity index is 0.00000129. The van der Waals surface area contributed by atoms with E-state index in [2.05, 4.69) is 65.7 Å². The third-order valence-corrected chi connectivity index (χ3v) is 10.3. The van der Waals surface area contributed by atoms with Gasteiger partial charge in [0.05, 0.1) is 19.3 Å². The van der Waals surface area contributed by atoms with Gasteiger partial charge in [0, 0.05) is 23.1 Å². The van der Waals surface area contributed by atoms with E-state index in [0.29, 0.717) is 18.4 Å². The van der Waals surface area contributed by atoms with Gasteiger partial charge >= 0.3 is 0 Å². The van der Waals surface area contributed by atoms with Crippen molar-refractivity contribution in [2.75, 3.05) is 20.3 Å². The number of allylic oxidation sites excluding steroid dienone is 4. The zero-order chi connectivity index (χ0) is 30.5. The van der Waals surface area contributed by atoms with Crippen molar-refractivity contribution in [3.8, 4) is 18.1 Å². The first-order valence-electron chi connectivity index (χ1n) is 16.4. The van der Waals surface area contributed by atoms with Gasteiger partial charge in [-0.3, -0.25) is 4.79 Å². The summed E-state index contributed by atoms with van der Waals surface area (Å²) < 4.78 is 11.6. The third kappa shape index (κ3) is 6.62. The predicted octanol–water partition coefficient (Wildman–Crippen LogP) is 9.16. The normalized spacial score (nSPS) is 29.0. The van der Waals surface area contributed by atoms with Gasteiger partial charge in [-0.2, -0.15) is 0 Å². The molecule has 0 aromatic heterocycles. The summed E-state index contributed by atoms with van der Waals surface area (Å²) in [5.41, 5.74) is 7.10. The van der Waals surface area contributed by atoms with Crippen LogP contribution in [-0.2, 0) is 16.0 Å². The van der Waals surface area contributed by atoms with Gasteiger partial charge in [0.2, 0.25) is 0 Å². The molecule has 4 nitrogen and oxygen atoms in total. The van der Waals surface area contributed by atoms with Crippen LogP contribution in [0, 0.1) is 29.1 Å². The summed E-state index contributed by atoms with van der Waals surface area (Å²) in [5, 5.41) is 0. The summed E-state index contributed by atoms with van der Waals surface area (Å²) in [5.74, 6) is 4.84. The first-order valence-corrected chi connectivity index (χ1v) is 16.4. The number of fused-ring (bicyclic) bond motifs is 5. The molecular formula is C38H53NO3. The molecule has 0 N–H and O–H groups in total. The zero-order valence-corrected chi connectivity index (χ0v) is 27.3. The second-order valence-corrected chi connectivity index (χ2v) is 13.9. The van der Waals surface area contributed by atoms with Gasteiger partial charge in [0.1, 0.15) is 11.4 Å². The summed E-state index contributed by atoms with van der Waals surface area (Å²) in [7, 11) is 1.69. The Bertz CT molecular complexity index is 1290. The molecule has 2 bridgehead atoms. The van der Waals surface area contributed by atoms with E-state index in [4.69, 9.17) is 20.9 Å². The second kappa shape index (κ2) is 13.8. The maximum absolute atomic E-state index is 14.7. The van der Waals surface area contributed by atoms with E-state index in [1.165, 1.54) is 35.1 Å². The molecule has 4 heteroatoms. The lowest BCUT2D eigenvalue weighted by Gasteiger charge is -2.42. The minimum Gasteiger partial charge on any atom is -0.495 e. The number of methoxy groups -OCH3 is 1. The van der Waals surface area contributed by atoms with Crippen LogP contribution in [0.15, 0.2) is 40.0 Å². The number of carbonyl (C=O) groups is 1. The monoisotopic (exact) mass is 571 g/mol. The smallest absolute Gasteiger partial charge is 0.187 e. The Morgan fingerprint density at radius 2 is 1.90 bits per heavy atom. The lowest BCUT2D eigenvalue weighted by Crippen LogP contribution is -2.44. The van der Waals surface area contributed by atoms with Crippen molar-refractivity contribution in [1.29, 1.82) is 0 Å². The number of rotatable bonds is 4. The molecule has 5 rings (SSSR count). The van der Waals surface area contributed by atoms with E-state index in [1.807, 2.05) is 0 Å². The average Bonchev–Trinajstić information content (AvgIpc) is 3.09. The number of aliphatic imine (C=N–C) groups is 1. The molecule has 4 aliphatic rings. The molecule has 1 fully saturated rings. The summed E-state index contributed by atoms with van der Waals surface area (Å²) in [4.78, 5) is 20.1. The highest BCUT2D eigenvalue weighted by atomic mass is 16.5. The molecule has 1 saturated heterocycles. The summed E-state index contributed by atoms with van der Waals surface area (Å²) in [6.07, 6.45) is 19.0. The highest BCUT2D eigenvalue weighted by Gasteiger charge is 2.49. The van der Waals surface area contributed by atoms with E-state index in [9.17, 15) is 4.79 Å². The molecule has 3 unspecified atom stereocenters. The topological polar surface area (TPSA) is 47.9 Å². The minimum atomic E-state index is -0.514. The SMILES string of the molecule is C#Cc1cc2c(cc1OC)CC/C1=C(\C(=O)C3(C)CCCOCC3(C)C)N=C(C3=CCC(C)CC3)CC2CC1.CCC. The number of hydrogen-bond donors (Lipinski definition) is 0. The predicted molar refractivity (Wildman–Crippen MR) is 174 cm³/mol. The number of Topliss-reactive ketones (excluding diaryl/α,β-unsaturated/α-hetero) is 1. The Morgan fingerprint density at radius 1 is 1.14 bits per heavy atom. The largest absolute Gasteiger partial charge is 0.495 e. The van der Waals surface area contributed by atoms with Crippen LogP contribution >= 0.6 is 0 Å². The molecule has 0 spiro atoms. The van der Waals surface area contributed by atoms with Crippen molar-refractivity contribution < 1.29 is 14.3 Å². The van der Waals surface area contributed by atoms with E-state index >= 15 is 0 Å². The fourth-order valence-corrected chi connectivity index (χ4v) is 7.05. The number of terminal acetylenes is 1. The number of aryl methyl sites for hydroxylation is 1. The number of benzene rings is 1. The van der Waals surface area contributed by atoms with E-state index in [-0.39, 0.29) is 11.2 Å². The Kier molecular flexibility index (Phi) is 10.6. The number of carbonyl (C=O) groups excluding carboxylic acids is 1. The molecule has 228 valence electrons. The molecule has 0 amide bonds. The highest BCUT2D eigenvalue weighted by Crippen LogP contribution is 2.49. The average molecular weight is 572 g/mol. The number of ether oxygens (including phenoxy) is 2. The fraction of sp³-hybridized carbons (Fsp3) is 0.632. The van der Waals surface area contributed by atoms with Crippen LogP contribution in [0.2, 0.25) is 0 Å². The lowest BCUT2D eigenvalue weighted by atomic mass is 9.61. The quantitative estimate of drug-likeness (QED) is 0.339. The van der Waals surface area contributed by atoms with Crippen LogP contribution < -0.4 is 4.74 Å². The van der Waals surface area contributed by atoms with E-state index in [1.54, 1.807) is 7.11 Å². The molecular weight excluding hydrogens is 518 g/mol. The van der Waals surface area contributed by atoms with Gasteiger partial charge in [-0.25, -0.2) is 4.99 Å². The second-order valence-electron chi connectivity index (χ2n) is 13.9. The minimum absolute atomic E-state index is 0.217. The van der Waals surface area contributed by atoms with Gasteiger partial charge < -0.3 is 9.47 Å². The zero-order valence-electron chi connectivity index (χ0n) is 27.3. The van der Waals surface area contributed by atoms with Gasteiger partial charge in [0.15, 0.2) is 5.78 Å². The lowest BCUT2D eigenvalue weighted by molar-refractivity contribution is -0.132. The van der Waals surface area contributed by atoms with E-state index in [0.717, 1.165) is 87.1 Å². The van der Waals surface area contributed by atoms with Gasteiger partial charge in [-0.15, -0.1) is 6.42 Å². The third-order valence-electron chi connectivity index (χ3n) is 10.3. The molecule has 42 heavy (non-hydrogen) atoms. The van der Waals surface area contributed by atoms with Gasteiger partial charge in [0.25, 0.3) is 0 Å². The molecule has 2 heterocycles. The number of ketones is 1. The number of nitrogens with zero attached hydrogens (tertiary/aromatic N) is 1. The van der Waals surface area contributed by atoms with Crippen LogP contribution in [0.4, 0.5) is 0 Å². The maximum Gasteiger partial charge on any atom is 0.187 e. The molecule has 2 aliphatic heterocycles. The first kappa shape index (κ1) is 32.3. The molecule has 3 atom stereocenters. The van der Waals surface area contributed by atoms with Crippen LogP contribution in [-0.4, -0.2) is 31.8 Å². The van der Waals surface area contributed by atoms with Crippen LogP contribution in [0.5, 0.6) is 5.75 Å². The van der Waals surface area contributed by atoms with Crippen molar-refractivity contribution in [3.63, 3.8) is 0 Å². The molecule has 1 aromatic rings. The van der Waals surface area contributed by atoms with Crippen molar-refractivity contribution in [2.45, 2.75) is 118 Å². The van der Waals surface area contributed by atoms with Crippen LogP contribution in [0.1, 0.15) is 128 Å². The van der Waals surface area contributed by atoms with Crippen molar-refractivity contribution >= 4 is 11.5 Å². The van der Waals surface area contributed by atoms with Crippen molar-refractivity contribution in [1.82, 2.24) is 0 Å². The Hall–Kier alpha value is -2.64. The maximum atomic E-state index is 14.7. The van der Waals surface area contributed by atoms with Gasteiger partial charge in [-0.1, -0.05) is 60.0 Å². The van der Waals surface area contributed by atoms with E-state index < -0.39 is 5.41 Å². The first-order chi connectivity index (χ1) is 20.1. The number of hydrogen-bond acceptors (Lipinski definition) is 4. The van der Waals surface area contributed by atoms with Crippen LogP contribution in [0.25, 0.3) is 0 Å². The fourth-order valence-electron chi connectivity index (χ4n) is 7.05. The summed E-state index contributed by atoms with van der Waals surface area (Å²) in [6.45, 7) is 14.4. The van der Waals surface area contributed by atoms with Gasteiger partial charge in [-0.05, 0) is 110 Å². The summed E-state index contributed by atoms with van der Waals surface area (Å²) in [6, 6.07) is 4.33. The Labute approximate surface area is 255 Å². The Morgan fingerprint density at radius 3 is 2.57 bits per heavy atom. The molecule has 0 saturated carbocycles. The highest BCUT2D eigenvalue weighted by molar-refractivity contribution is 6.07. The molecule has 0 radical (unpaired) electrons.